The van der Waals surface area contributed by atoms with Crippen molar-refractivity contribution in [2.75, 3.05) is 37.6 Å². The summed E-state index contributed by atoms with van der Waals surface area (Å²) in [6, 6.07) is 18.7. The number of amides is 1. The number of aromatic nitrogens is 2. The van der Waals surface area contributed by atoms with Crippen LogP contribution < -0.4 is 10.2 Å². The highest BCUT2D eigenvalue weighted by Gasteiger charge is 2.39. The molecule has 0 spiro atoms. The zero-order valence-electron chi connectivity index (χ0n) is 19.5. The number of carbonyl (C=O) groups is 1. The summed E-state index contributed by atoms with van der Waals surface area (Å²) >= 11 is 6.10. The van der Waals surface area contributed by atoms with Gasteiger partial charge in [-0.2, -0.15) is 0 Å². The van der Waals surface area contributed by atoms with Gasteiger partial charge in [-0.15, -0.1) is 0 Å². The third-order valence-corrected chi connectivity index (χ3v) is 6.94. The van der Waals surface area contributed by atoms with E-state index >= 15 is 0 Å². The van der Waals surface area contributed by atoms with Gasteiger partial charge in [-0.3, -0.25) is 9.69 Å². The minimum atomic E-state index is -0.256. The highest BCUT2D eigenvalue weighted by atomic mass is 35.5. The van der Waals surface area contributed by atoms with Crippen molar-refractivity contribution in [1.29, 1.82) is 0 Å². The number of hydrogen-bond donors (Lipinski definition) is 2. The highest BCUT2D eigenvalue weighted by molar-refractivity contribution is 6.30. The fourth-order valence-electron chi connectivity index (χ4n) is 4.61. The fraction of sp³-hybridized carbons (Fsp3) is 0.385. The first-order valence-corrected chi connectivity index (χ1v) is 11.8. The number of nitrogens with zero attached hydrogens (tertiary/aromatic N) is 3. The number of anilines is 1. The summed E-state index contributed by atoms with van der Waals surface area (Å²) in [4.78, 5) is 25.0. The van der Waals surface area contributed by atoms with Gasteiger partial charge < -0.3 is 15.2 Å². The van der Waals surface area contributed by atoms with Gasteiger partial charge in [0.1, 0.15) is 5.82 Å². The number of aromatic amines is 1. The molecule has 7 heteroatoms. The number of nitrogens with one attached hydrogen (secondary N) is 2. The number of halogens is 1. The smallest absolute Gasteiger partial charge is 0.228 e. The maximum absolute atomic E-state index is 12.7. The van der Waals surface area contributed by atoms with Crippen LogP contribution in [0.25, 0.3) is 0 Å². The monoisotopic (exact) mass is 465 g/mol. The Morgan fingerprint density at radius 1 is 1.18 bits per heavy atom. The molecule has 3 aromatic rings. The molecule has 6 nitrogen and oxygen atoms in total. The second-order valence-electron chi connectivity index (χ2n) is 8.96. The maximum atomic E-state index is 12.7. The summed E-state index contributed by atoms with van der Waals surface area (Å²) in [5, 5.41) is 3.87. The number of aryl methyl sites for hydroxylation is 1. The van der Waals surface area contributed by atoms with Gasteiger partial charge in [0.25, 0.3) is 0 Å². The summed E-state index contributed by atoms with van der Waals surface area (Å²) < 4.78 is 0. The molecule has 174 valence electrons. The summed E-state index contributed by atoms with van der Waals surface area (Å²) in [6.45, 7) is 10.1. The molecule has 2 aromatic carbocycles. The first-order valence-electron chi connectivity index (χ1n) is 11.5. The largest absolute Gasteiger partial charge is 0.368 e. The molecule has 1 fully saturated rings. The third-order valence-electron chi connectivity index (χ3n) is 6.69. The van der Waals surface area contributed by atoms with Crippen molar-refractivity contribution in [1.82, 2.24) is 20.2 Å². The molecule has 0 saturated carbocycles. The maximum Gasteiger partial charge on any atom is 0.228 e. The van der Waals surface area contributed by atoms with Crippen LogP contribution in [-0.2, 0) is 10.3 Å². The van der Waals surface area contributed by atoms with Gasteiger partial charge in [0.15, 0.2) is 0 Å². The Balaban J connectivity index is 1.45. The lowest BCUT2D eigenvalue weighted by Crippen LogP contribution is -2.60. The number of H-pyrrole nitrogens is 1. The van der Waals surface area contributed by atoms with Gasteiger partial charge >= 0.3 is 0 Å². The van der Waals surface area contributed by atoms with E-state index in [1.54, 1.807) is 6.20 Å². The summed E-state index contributed by atoms with van der Waals surface area (Å²) in [6.07, 6.45) is 1.74. The van der Waals surface area contributed by atoms with E-state index in [4.69, 9.17) is 11.6 Å². The number of hydrogen-bond acceptors (Lipinski definition) is 4. The summed E-state index contributed by atoms with van der Waals surface area (Å²) in [5.74, 6) is 0.579. The first-order chi connectivity index (χ1) is 15.9. The molecule has 1 aliphatic rings. The van der Waals surface area contributed by atoms with E-state index in [1.807, 2.05) is 26.0 Å². The quantitative estimate of drug-likeness (QED) is 0.545. The number of rotatable bonds is 7. The van der Waals surface area contributed by atoms with Gasteiger partial charge in [0.05, 0.1) is 11.5 Å². The van der Waals surface area contributed by atoms with Crippen LogP contribution in [0.1, 0.15) is 36.8 Å². The lowest BCUT2D eigenvalue weighted by molar-refractivity contribution is -0.122. The Kier molecular flexibility index (Phi) is 7.05. The molecule has 1 amide bonds. The van der Waals surface area contributed by atoms with E-state index in [1.165, 1.54) is 11.3 Å². The lowest BCUT2D eigenvalue weighted by Gasteiger charge is -2.50. The predicted octanol–water partition coefficient (Wildman–Crippen LogP) is 4.33. The zero-order valence-corrected chi connectivity index (χ0v) is 20.3. The molecular formula is C26H32ClN5O. The molecule has 2 unspecified atom stereocenters. The number of imidazole rings is 1. The van der Waals surface area contributed by atoms with Gasteiger partial charge in [0.2, 0.25) is 5.91 Å². The predicted molar refractivity (Wildman–Crippen MR) is 134 cm³/mol. The molecule has 0 bridgehead atoms. The average molecular weight is 466 g/mol. The van der Waals surface area contributed by atoms with Crippen LogP contribution in [0.2, 0.25) is 5.02 Å². The van der Waals surface area contributed by atoms with Crippen molar-refractivity contribution < 1.29 is 4.79 Å². The Bertz CT molecular complexity index is 1070. The molecular weight excluding hydrogens is 434 g/mol. The molecule has 2 N–H and O–H groups in total. The molecule has 0 radical (unpaired) electrons. The Hall–Kier alpha value is -2.83. The van der Waals surface area contributed by atoms with Crippen molar-refractivity contribution in [2.45, 2.75) is 32.2 Å². The van der Waals surface area contributed by atoms with Crippen LogP contribution in [0.4, 0.5) is 5.69 Å². The highest BCUT2D eigenvalue weighted by Crippen LogP contribution is 2.34. The van der Waals surface area contributed by atoms with Gasteiger partial charge in [-0.1, -0.05) is 41.9 Å². The first kappa shape index (κ1) is 23.3. The van der Waals surface area contributed by atoms with E-state index in [0.29, 0.717) is 6.54 Å². The van der Waals surface area contributed by atoms with Crippen LogP contribution in [0.5, 0.6) is 0 Å². The average Bonchev–Trinajstić information content (AvgIpc) is 3.27. The van der Waals surface area contributed by atoms with E-state index in [9.17, 15) is 4.79 Å². The van der Waals surface area contributed by atoms with E-state index in [-0.39, 0.29) is 17.4 Å². The normalized spacial score (nSPS) is 19.9. The van der Waals surface area contributed by atoms with E-state index in [0.717, 1.165) is 42.7 Å². The molecule has 1 aliphatic heterocycles. The molecule has 33 heavy (non-hydrogen) atoms. The molecule has 2 heterocycles. The van der Waals surface area contributed by atoms with E-state index in [2.05, 4.69) is 74.5 Å². The summed E-state index contributed by atoms with van der Waals surface area (Å²) in [5.41, 5.74) is 3.11. The van der Waals surface area contributed by atoms with Gasteiger partial charge in [0, 0.05) is 55.3 Å². The minimum Gasteiger partial charge on any atom is -0.368 e. The fourth-order valence-corrected chi connectivity index (χ4v) is 4.74. The van der Waals surface area contributed by atoms with Gasteiger partial charge in [-0.25, -0.2) is 4.98 Å². The SMILES string of the molecule is Cc1ncc(C(C)C(=O)NCCN2CCN(c3ccc(Cl)cc3)CC2(C)c2ccccc2)[nH]1. The molecule has 1 aromatic heterocycles. The summed E-state index contributed by atoms with van der Waals surface area (Å²) in [7, 11) is 0. The molecule has 2 atom stereocenters. The second kappa shape index (κ2) is 9.98. The van der Waals surface area contributed by atoms with Crippen molar-refractivity contribution in [2.24, 2.45) is 0 Å². The van der Waals surface area contributed by atoms with Gasteiger partial charge in [-0.05, 0) is 50.6 Å². The van der Waals surface area contributed by atoms with Crippen molar-refractivity contribution in [3.63, 3.8) is 0 Å². The third kappa shape index (κ3) is 5.23. The van der Waals surface area contributed by atoms with Crippen molar-refractivity contribution >= 4 is 23.2 Å². The van der Waals surface area contributed by atoms with Crippen molar-refractivity contribution in [3.05, 3.63) is 82.9 Å². The molecule has 4 rings (SSSR count). The molecule has 1 saturated heterocycles. The standard InChI is InChI=1S/C26H32ClN5O/c1-19(24-17-29-20(2)30-24)25(33)28-13-14-32-16-15-31(23-11-9-22(27)10-12-23)18-26(32,3)21-7-5-4-6-8-21/h4-12,17,19H,13-16,18H2,1-3H3,(H,28,33)(H,29,30). The topological polar surface area (TPSA) is 64.3 Å². The van der Waals surface area contributed by atoms with E-state index < -0.39 is 0 Å². The van der Waals surface area contributed by atoms with Crippen LogP contribution in [0, 0.1) is 6.92 Å². The number of piperazine rings is 1. The van der Waals surface area contributed by atoms with Crippen LogP contribution in [-0.4, -0.2) is 53.5 Å². The van der Waals surface area contributed by atoms with Crippen LogP contribution in [0.3, 0.4) is 0 Å². The Morgan fingerprint density at radius 2 is 1.91 bits per heavy atom. The molecule has 0 aliphatic carbocycles. The van der Waals surface area contributed by atoms with Crippen LogP contribution >= 0.6 is 11.6 Å². The Morgan fingerprint density at radius 3 is 2.58 bits per heavy atom. The number of benzene rings is 2. The Labute approximate surface area is 201 Å². The lowest BCUT2D eigenvalue weighted by atomic mass is 9.87. The van der Waals surface area contributed by atoms with Crippen molar-refractivity contribution in [3.8, 4) is 0 Å². The van der Waals surface area contributed by atoms with Crippen LogP contribution in [0.15, 0.2) is 60.8 Å². The number of carbonyl (C=O) groups excluding carboxylic acids is 1. The zero-order chi connectivity index (χ0) is 23.4. The second-order valence-corrected chi connectivity index (χ2v) is 9.40. The minimum absolute atomic E-state index is 0.0138.